The van der Waals surface area contributed by atoms with E-state index in [1.54, 1.807) is 29.2 Å². The van der Waals surface area contributed by atoms with Gasteiger partial charge in [0.2, 0.25) is 0 Å². The third-order valence-corrected chi connectivity index (χ3v) is 7.57. The van der Waals surface area contributed by atoms with Gasteiger partial charge in [0, 0.05) is 17.1 Å². The summed E-state index contributed by atoms with van der Waals surface area (Å²) in [5.41, 5.74) is 0.144. The molecule has 1 aliphatic rings. The second-order valence-electron chi connectivity index (χ2n) is 7.77. The quantitative estimate of drug-likeness (QED) is 0.563. The zero-order chi connectivity index (χ0) is 22.8. The molecule has 1 heterocycles. The van der Waals surface area contributed by atoms with Crippen molar-refractivity contribution in [3.8, 4) is 0 Å². The lowest BCUT2D eigenvalue weighted by molar-refractivity contribution is -0.0370. The molecule has 3 rings (SSSR count). The third kappa shape index (κ3) is 4.90. The van der Waals surface area contributed by atoms with Crippen molar-refractivity contribution >= 4 is 44.8 Å². The second-order valence-corrected chi connectivity index (χ2v) is 10.4. The molecule has 0 saturated carbocycles. The van der Waals surface area contributed by atoms with Gasteiger partial charge in [-0.25, -0.2) is 8.42 Å². The Morgan fingerprint density at radius 3 is 2.52 bits per heavy atom. The normalized spacial score (nSPS) is 16.1. The SMILES string of the molecule is C=CCN(c1ccc(Cl)cc1)S(=O)(=O)c1cc(C(=O)N2CCOCC2(C)C)ccc1Cl. The molecule has 1 amide bonds. The molecule has 2 aromatic rings. The number of halogens is 2. The Kier molecular flexibility index (Phi) is 7.01. The molecule has 0 aromatic heterocycles. The summed E-state index contributed by atoms with van der Waals surface area (Å²) in [7, 11) is -4.08. The molecule has 166 valence electrons. The Hall–Kier alpha value is -2.06. The van der Waals surface area contributed by atoms with Crippen LogP contribution < -0.4 is 4.31 Å². The summed E-state index contributed by atoms with van der Waals surface area (Å²) in [6, 6.07) is 10.7. The average molecular weight is 483 g/mol. The Labute approximate surface area is 193 Å². The molecule has 0 atom stereocenters. The minimum absolute atomic E-state index is 0.0228. The molecule has 0 bridgehead atoms. The van der Waals surface area contributed by atoms with Gasteiger partial charge in [0.05, 0.1) is 36.0 Å². The maximum absolute atomic E-state index is 13.5. The highest BCUT2D eigenvalue weighted by molar-refractivity contribution is 7.93. The van der Waals surface area contributed by atoms with Crippen LogP contribution in [0, 0.1) is 0 Å². The first kappa shape index (κ1) is 23.6. The van der Waals surface area contributed by atoms with Crippen LogP contribution in [0.4, 0.5) is 5.69 Å². The highest BCUT2D eigenvalue weighted by Crippen LogP contribution is 2.31. The minimum atomic E-state index is -4.08. The fraction of sp³-hybridized carbons (Fsp3) is 0.318. The number of rotatable bonds is 6. The van der Waals surface area contributed by atoms with Crippen molar-refractivity contribution in [2.24, 2.45) is 0 Å². The number of anilines is 1. The number of morpholine rings is 1. The number of ether oxygens (including phenoxy) is 1. The Balaban J connectivity index is 2.03. The number of nitrogens with zero attached hydrogens (tertiary/aromatic N) is 2. The standard InChI is InChI=1S/C22H24Cl2N2O4S/c1-4-11-26(18-8-6-17(23)7-9-18)31(28,29)20-14-16(5-10-19(20)24)21(27)25-12-13-30-15-22(25,2)3/h4-10,14H,1,11-13,15H2,2-3H3. The number of carbonyl (C=O) groups excluding carboxylic acids is 1. The van der Waals surface area contributed by atoms with Crippen LogP contribution in [0.25, 0.3) is 0 Å². The van der Waals surface area contributed by atoms with Crippen molar-refractivity contribution in [2.75, 3.05) is 30.6 Å². The number of hydrogen-bond donors (Lipinski definition) is 0. The average Bonchev–Trinajstić information content (AvgIpc) is 2.72. The van der Waals surface area contributed by atoms with Gasteiger partial charge < -0.3 is 9.64 Å². The van der Waals surface area contributed by atoms with E-state index in [4.69, 9.17) is 27.9 Å². The predicted octanol–water partition coefficient (Wildman–Crippen LogP) is 4.63. The summed E-state index contributed by atoms with van der Waals surface area (Å²) in [6.45, 7) is 8.75. The second kappa shape index (κ2) is 9.20. The Morgan fingerprint density at radius 1 is 1.23 bits per heavy atom. The van der Waals surface area contributed by atoms with Gasteiger partial charge in [0.1, 0.15) is 4.90 Å². The maximum atomic E-state index is 13.5. The smallest absolute Gasteiger partial charge is 0.266 e. The summed E-state index contributed by atoms with van der Waals surface area (Å²) in [6.07, 6.45) is 1.48. The van der Waals surface area contributed by atoms with Gasteiger partial charge in [-0.15, -0.1) is 6.58 Å². The summed E-state index contributed by atoms with van der Waals surface area (Å²) in [4.78, 5) is 14.7. The van der Waals surface area contributed by atoms with E-state index in [2.05, 4.69) is 6.58 Å². The summed E-state index contributed by atoms with van der Waals surface area (Å²) < 4.78 is 33.7. The largest absolute Gasteiger partial charge is 0.377 e. The van der Waals surface area contributed by atoms with Gasteiger partial charge in [-0.1, -0.05) is 29.3 Å². The Bertz CT molecular complexity index is 1090. The topological polar surface area (TPSA) is 66.9 Å². The van der Waals surface area contributed by atoms with Gasteiger partial charge in [-0.05, 0) is 56.3 Å². The first-order valence-electron chi connectivity index (χ1n) is 9.66. The lowest BCUT2D eigenvalue weighted by Crippen LogP contribution is -2.55. The molecular weight excluding hydrogens is 459 g/mol. The fourth-order valence-corrected chi connectivity index (χ4v) is 5.48. The lowest BCUT2D eigenvalue weighted by atomic mass is 10.0. The van der Waals surface area contributed by atoms with Gasteiger partial charge >= 0.3 is 0 Å². The number of hydrogen-bond acceptors (Lipinski definition) is 4. The van der Waals surface area contributed by atoms with E-state index in [-0.39, 0.29) is 27.9 Å². The molecule has 1 saturated heterocycles. The molecule has 1 aliphatic heterocycles. The molecule has 9 heteroatoms. The van der Waals surface area contributed by atoms with Crippen LogP contribution in [0.2, 0.25) is 10.0 Å². The van der Waals surface area contributed by atoms with Crippen LogP contribution in [0.15, 0.2) is 60.0 Å². The van der Waals surface area contributed by atoms with Gasteiger partial charge in [-0.3, -0.25) is 9.10 Å². The molecule has 0 unspecified atom stereocenters. The van der Waals surface area contributed by atoms with Gasteiger partial charge in [0.25, 0.3) is 15.9 Å². The van der Waals surface area contributed by atoms with Crippen molar-refractivity contribution in [2.45, 2.75) is 24.3 Å². The number of amides is 1. The summed E-state index contributed by atoms with van der Waals surface area (Å²) in [5.74, 6) is -0.275. The molecular formula is C22H24Cl2N2O4S. The van der Waals surface area contributed by atoms with Crippen LogP contribution in [-0.2, 0) is 14.8 Å². The molecule has 2 aromatic carbocycles. The Morgan fingerprint density at radius 2 is 1.90 bits per heavy atom. The third-order valence-electron chi connectivity index (χ3n) is 5.05. The van der Waals surface area contributed by atoms with Gasteiger partial charge in [0.15, 0.2) is 0 Å². The summed E-state index contributed by atoms with van der Waals surface area (Å²) >= 11 is 12.2. The monoisotopic (exact) mass is 482 g/mol. The molecule has 0 radical (unpaired) electrons. The van der Waals surface area contributed by atoms with Crippen LogP contribution in [0.5, 0.6) is 0 Å². The van der Waals surface area contributed by atoms with Crippen LogP contribution in [0.1, 0.15) is 24.2 Å². The van der Waals surface area contributed by atoms with Gasteiger partial charge in [-0.2, -0.15) is 0 Å². The number of sulfonamides is 1. The van der Waals surface area contributed by atoms with Crippen molar-refractivity contribution in [3.05, 3.63) is 70.7 Å². The van der Waals surface area contributed by atoms with E-state index in [0.29, 0.717) is 30.5 Å². The minimum Gasteiger partial charge on any atom is -0.377 e. The van der Waals surface area contributed by atoms with Crippen LogP contribution in [-0.4, -0.2) is 51.1 Å². The molecule has 0 spiro atoms. The van der Waals surface area contributed by atoms with E-state index in [1.165, 1.54) is 28.6 Å². The molecule has 0 aliphatic carbocycles. The zero-order valence-corrected chi connectivity index (χ0v) is 19.7. The van der Waals surface area contributed by atoms with Crippen molar-refractivity contribution in [1.29, 1.82) is 0 Å². The maximum Gasteiger partial charge on any atom is 0.266 e. The first-order chi connectivity index (χ1) is 14.6. The van der Waals surface area contributed by atoms with E-state index >= 15 is 0 Å². The predicted molar refractivity (Wildman–Crippen MR) is 124 cm³/mol. The van der Waals surface area contributed by atoms with E-state index in [1.807, 2.05) is 13.8 Å². The molecule has 31 heavy (non-hydrogen) atoms. The number of benzene rings is 2. The molecule has 1 fully saturated rings. The van der Waals surface area contributed by atoms with Crippen LogP contribution >= 0.6 is 23.2 Å². The molecule has 0 N–H and O–H groups in total. The van der Waals surface area contributed by atoms with Crippen molar-refractivity contribution in [3.63, 3.8) is 0 Å². The van der Waals surface area contributed by atoms with Crippen molar-refractivity contribution < 1.29 is 17.9 Å². The summed E-state index contributed by atoms with van der Waals surface area (Å²) in [5, 5.41) is 0.513. The highest BCUT2D eigenvalue weighted by Gasteiger charge is 2.35. The first-order valence-corrected chi connectivity index (χ1v) is 11.9. The number of carbonyl (C=O) groups is 1. The fourth-order valence-electron chi connectivity index (χ4n) is 3.41. The highest BCUT2D eigenvalue weighted by atomic mass is 35.5. The van der Waals surface area contributed by atoms with E-state index in [9.17, 15) is 13.2 Å². The van der Waals surface area contributed by atoms with Crippen molar-refractivity contribution in [1.82, 2.24) is 4.90 Å². The van der Waals surface area contributed by atoms with E-state index < -0.39 is 15.6 Å². The van der Waals surface area contributed by atoms with E-state index in [0.717, 1.165) is 0 Å². The van der Waals surface area contributed by atoms with Crippen LogP contribution in [0.3, 0.4) is 0 Å². The lowest BCUT2D eigenvalue weighted by Gasteiger charge is -2.42. The molecule has 6 nitrogen and oxygen atoms in total. The zero-order valence-electron chi connectivity index (χ0n) is 17.3.